The van der Waals surface area contributed by atoms with Crippen molar-refractivity contribution < 1.29 is 36.9 Å². The predicted molar refractivity (Wildman–Crippen MR) is 110 cm³/mol. The molecule has 170 valence electrons. The number of benzene rings is 1. The molecular formula is C22H29NO7S. The highest BCUT2D eigenvalue weighted by Gasteiger charge is 2.76. The van der Waals surface area contributed by atoms with Crippen LogP contribution in [0.15, 0.2) is 12.1 Å². The predicted octanol–water partition coefficient (Wildman–Crippen LogP) is 1.12. The molecule has 3 fully saturated rings. The number of Topliss-reactive ketones (excluding diaryl/α,β-unsaturated/α-hetero) is 1. The molecule has 8 nitrogen and oxygen atoms in total. The normalized spacial score (nSPS) is 38.7. The number of aliphatic hydroxyl groups is 1. The van der Waals surface area contributed by atoms with Gasteiger partial charge in [0.1, 0.15) is 11.6 Å². The van der Waals surface area contributed by atoms with Gasteiger partial charge in [-0.15, -0.1) is 12.6 Å². The molecule has 3 aliphatic carbocycles. The van der Waals surface area contributed by atoms with Crippen LogP contribution in [0.3, 0.4) is 0 Å². The third kappa shape index (κ3) is 2.89. The lowest BCUT2D eigenvalue weighted by atomic mass is 9.48. The molecule has 1 spiro atoms. The van der Waals surface area contributed by atoms with E-state index >= 15 is 0 Å². The molecule has 2 saturated carbocycles. The van der Waals surface area contributed by atoms with Crippen molar-refractivity contribution in [3.05, 3.63) is 30.7 Å². The third-order valence-corrected chi connectivity index (χ3v) is 8.28. The molecule has 2 bridgehead atoms. The van der Waals surface area contributed by atoms with Crippen LogP contribution in [0.5, 0.6) is 11.5 Å². The number of rotatable bonds is 2. The highest BCUT2D eigenvalue weighted by atomic mass is 32.2. The van der Waals surface area contributed by atoms with Gasteiger partial charge in [-0.05, 0) is 30.9 Å². The van der Waals surface area contributed by atoms with Crippen LogP contribution in [0, 0.1) is 13.3 Å². The van der Waals surface area contributed by atoms with Gasteiger partial charge in [0.2, 0.25) is 0 Å². The topological polar surface area (TPSA) is 118 Å². The first-order valence-electron chi connectivity index (χ1n) is 10.5. The average molecular weight is 452 g/mol. The van der Waals surface area contributed by atoms with Crippen molar-refractivity contribution in [2.75, 3.05) is 20.1 Å². The zero-order valence-corrected chi connectivity index (χ0v) is 18.7. The molecule has 0 radical (unpaired) electrons. The van der Waals surface area contributed by atoms with Gasteiger partial charge in [-0.1, -0.05) is 6.07 Å². The number of hydrogen-bond acceptors (Lipinski definition) is 7. The van der Waals surface area contributed by atoms with Gasteiger partial charge < -0.3 is 26.9 Å². The second-order valence-corrected chi connectivity index (χ2v) is 10.2. The fourth-order valence-electron chi connectivity index (χ4n) is 6.94. The van der Waals surface area contributed by atoms with E-state index in [9.17, 15) is 15.0 Å². The first-order chi connectivity index (χ1) is 14.1. The Labute approximate surface area is 183 Å². The van der Waals surface area contributed by atoms with Gasteiger partial charge in [-0.2, -0.15) is 0 Å². The summed E-state index contributed by atoms with van der Waals surface area (Å²) >= 11 is 0. The minimum atomic E-state index is -3.11. The Balaban J connectivity index is 0.000000429. The molecule has 1 saturated heterocycles. The highest BCUT2D eigenvalue weighted by Crippen LogP contribution is 2.65. The quantitative estimate of drug-likeness (QED) is 0.511. The first-order valence-corrected chi connectivity index (χ1v) is 11.5. The van der Waals surface area contributed by atoms with Gasteiger partial charge >= 0.3 is 10.6 Å². The Morgan fingerprint density at radius 3 is 2.55 bits per heavy atom. The molecule has 1 aromatic carbocycles. The van der Waals surface area contributed by atoms with E-state index in [2.05, 4.69) is 7.05 Å². The zero-order valence-electron chi connectivity index (χ0n) is 17.8. The van der Waals surface area contributed by atoms with E-state index in [-0.39, 0.29) is 25.0 Å². The smallest absolute Gasteiger partial charge is 0.425 e. The first kappa shape index (κ1) is 22.2. The monoisotopic (exact) mass is 451 g/mol. The van der Waals surface area contributed by atoms with E-state index in [4.69, 9.17) is 17.4 Å². The zero-order chi connectivity index (χ0) is 21.5. The van der Waals surface area contributed by atoms with E-state index in [1.165, 1.54) is 12.8 Å². The number of carbonyl (C=O) groups is 1. The van der Waals surface area contributed by atoms with Crippen molar-refractivity contribution >= 4 is 16.4 Å². The summed E-state index contributed by atoms with van der Waals surface area (Å²) in [7, 11) is -0.804. The van der Waals surface area contributed by atoms with Crippen molar-refractivity contribution in [2.24, 2.45) is 5.92 Å². The molecule has 31 heavy (non-hydrogen) atoms. The third-order valence-electron chi connectivity index (χ3n) is 8.28. The molecule has 0 amide bonds. The lowest BCUT2D eigenvalue weighted by Crippen LogP contribution is -2.80. The molecule has 2 aliphatic heterocycles. The summed E-state index contributed by atoms with van der Waals surface area (Å²) in [6, 6.07) is 3.77. The molecule has 0 aromatic heterocycles. The lowest BCUT2D eigenvalue weighted by molar-refractivity contribution is -0.950. The van der Waals surface area contributed by atoms with Crippen molar-refractivity contribution in [1.29, 1.82) is 0 Å². The van der Waals surface area contributed by atoms with Crippen LogP contribution in [0.25, 0.3) is 0 Å². The van der Waals surface area contributed by atoms with Gasteiger partial charge in [0.05, 0.1) is 25.6 Å². The number of ether oxygens (including phenoxy) is 1. The van der Waals surface area contributed by atoms with Gasteiger partial charge in [0, 0.05) is 30.7 Å². The van der Waals surface area contributed by atoms with Crippen LogP contribution in [-0.2, 0) is 27.2 Å². The summed E-state index contributed by atoms with van der Waals surface area (Å²) in [4.78, 5) is 12.8. The summed E-state index contributed by atoms with van der Waals surface area (Å²) < 4.78 is 32.3. The maximum Gasteiger partial charge on any atom is 0.425 e. The van der Waals surface area contributed by atoms with Crippen LogP contribution in [0.2, 0.25) is 0 Å². The van der Waals surface area contributed by atoms with Crippen LogP contribution in [-0.4, -0.2) is 71.0 Å². The molecule has 6 rings (SSSR count). The maximum atomic E-state index is 12.8. The van der Waals surface area contributed by atoms with Crippen molar-refractivity contribution in [3.8, 4) is 11.5 Å². The second kappa shape index (κ2) is 7.02. The number of hydrogen-bond donors (Lipinski definition) is 2. The van der Waals surface area contributed by atoms with Gasteiger partial charge in [0.15, 0.2) is 23.4 Å². The number of phenolic OH excluding ortho intramolecular Hbond substituents is 1. The van der Waals surface area contributed by atoms with Crippen LogP contribution < -0.4 is 4.74 Å². The van der Waals surface area contributed by atoms with Gasteiger partial charge in [-0.3, -0.25) is 4.79 Å². The number of likely N-dealkylation sites (N-methyl/N-ethyl adjacent to an activating group) is 1. The summed E-state index contributed by atoms with van der Waals surface area (Å²) in [5.41, 5.74) is 0.492. The number of aromatic hydroxyl groups is 1. The van der Waals surface area contributed by atoms with Gasteiger partial charge in [0.25, 0.3) is 0 Å². The molecule has 5 aliphatic rings. The Morgan fingerprint density at radius 2 is 1.90 bits per heavy atom. The summed E-state index contributed by atoms with van der Waals surface area (Å²) in [5.74, 6) is 1.42. The standard InChI is InChI=1S/C21H25NO4.CH3.O3S/c1-22(11-12-2-3-12)9-8-20-17-13-4-5-14(23)18(17)26-19(20)15(24)6-7-21(20,25)16(22)10-13;;1-4(2)3/h4-5,12,16,19,25H,2-3,6-11H2,1H3;1H3;/q;-1;/p+1/t16-,19+,20+,21-,22?;;/m1../s1. The fraction of sp³-hybridized carbons (Fsp3) is 0.636. The molecule has 9 heteroatoms. The Hall–Kier alpha value is -1.97. The van der Waals surface area contributed by atoms with Crippen LogP contribution in [0.4, 0.5) is 0 Å². The maximum absolute atomic E-state index is 12.8. The molecule has 2 N–H and O–H groups in total. The number of quaternary nitrogens is 1. The summed E-state index contributed by atoms with van der Waals surface area (Å²) in [6.07, 6.45) is 4.42. The number of carbonyl (C=O) groups excluding carboxylic acids is 1. The van der Waals surface area contributed by atoms with E-state index in [1.807, 2.05) is 6.07 Å². The van der Waals surface area contributed by atoms with E-state index in [0.717, 1.165) is 47.5 Å². The molecule has 5 atom stereocenters. The molecule has 2 heterocycles. The Morgan fingerprint density at radius 1 is 1.23 bits per heavy atom. The average Bonchev–Trinajstić information content (AvgIpc) is 3.39. The number of ketones is 1. The van der Waals surface area contributed by atoms with E-state index in [1.54, 1.807) is 6.07 Å². The van der Waals surface area contributed by atoms with Crippen molar-refractivity contribution in [2.45, 2.75) is 61.7 Å². The summed E-state index contributed by atoms with van der Waals surface area (Å²) in [6.45, 7) is 2.09. The number of phenols is 1. The molecular weight excluding hydrogens is 422 g/mol. The van der Waals surface area contributed by atoms with Crippen molar-refractivity contribution in [1.82, 2.24) is 0 Å². The SMILES string of the molecule is C[N+]1(CC2CC2)CC[C@]23c4c5ccc(O)c4O[C@H]2C(=O)CC[C@@]3(O)[C@H]1C5.O=S(=O)=O.[CH3-]. The second-order valence-electron chi connectivity index (χ2n) is 9.81. The van der Waals surface area contributed by atoms with Crippen LogP contribution >= 0.6 is 0 Å². The number of piperidine rings is 1. The Kier molecular flexibility index (Phi) is 5.03. The Bertz CT molecular complexity index is 1050. The van der Waals surface area contributed by atoms with Crippen LogP contribution in [0.1, 0.15) is 43.2 Å². The van der Waals surface area contributed by atoms with E-state index in [0.29, 0.717) is 18.6 Å². The van der Waals surface area contributed by atoms with Gasteiger partial charge in [-0.25, -0.2) is 0 Å². The number of nitrogens with zero attached hydrogens (tertiary/aromatic N) is 1. The molecule has 1 aromatic rings. The minimum absolute atomic E-state index is 0. The minimum Gasteiger partial charge on any atom is -0.504 e. The molecule has 1 unspecified atom stereocenters. The lowest BCUT2D eigenvalue weighted by Gasteiger charge is -2.64. The van der Waals surface area contributed by atoms with E-state index < -0.39 is 27.7 Å². The van der Waals surface area contributed by atoms with Crippen molar-refractivity contribution in [3.63, 3.8) is 0 Å². The largest absolute Gasteiger partial charge is 0.504 e. The highest BCUT2D eigenvalue weighted by molar-refractivity contribution is 7.59. The fourth-order valence-corrected chi connectivity index (χ4v) is 6.94. The number of likely N-dealkylation sites (tertiary alicyclic amines) is 1. The summed E-state index contributed by atoms with van der Waals surface area (Å²) in [5, 5.41) is 22.5.